The number of benzene rings is 2. The fourth-order valence-corrected chi connectivity index (χ4v) is 9.35. The molecule has 0 unspecified atom stereocenters. The van der Waals surface area contributed by atoms with Gasteiger partial charge in [-0.3, -0.25) is 9.78 Å². The van der Waals surface area contributed by atoms with Crippen LogP contribution in [-0.2, 0) is 23.0 Å². The summed E-state index contributed by atoms with van der Waals surface area (Å²) in [6.07, 6.45) is 4.70. The first-order chi connectivity index (χ1) is 16.7. The van der Waals surface area contributed by atoms with Crippen LogP contribution in [0.25, 0.3) is 0 Å². The van der Waals surface area contributed by atoms with Crippen LogP contribution in [-0.4, -0.2) is 32.0 Å². The van der Waals surface area contributed by atoms with Crippen molar-refractivity contribution in [2.45, 2.75) is 39.9 Å². The first-order valence-electron chi connectivity index (χ1n) is 11.4. The molecule has 178 valence electrons. The lowest BCUT2D eigenvalue weighted by Gasteiger charge is -2.33. The van der Waals surface area contributed by atoms with Crippen molar-refractivity contribution in [3.8, 4) is 5.75 Å². The lowest BCUT2D eigenvalue weighted by atomic mass is 10.1. The van der Waals surface area contributed by atoms with E-state index in [4.69, 9.17) is 0 Å². The molecule has 0 amide bonds. The van der Waals surface area contributed by atoms with Gasteiger partial charge in [0.25, 0.3) is 0 Å². The van der Waals surface area contributed by atoms with Gasteiger partial charge >= 0.3 is 0 Å². The van der Waals surface area contributed by atoms with Gasteiger partial charge < -0.3 is 5.11 Å². The van der Waals surface area contributed by atoms with Crippen LogP contribution in [0.15, 0.2) is 66.9 Å². The molecule has 2 aromatic carbocycles. The van der Waals surface area contributed by atoms with Gasteiger partial charge in [-0.15, -0.1) is 23.5 Å². The van der Waals surface area contributed by atoms with Crippen LogP contribution in [0, 0.1) is 0 Å². The minimum absolute atomic E-state index is 0.0583. The summed E-state index contributed by atoms with van der Waals surface area (Å²) in [5.41, 5.74) is 4.56. The van der Waals surface area contributed by atoms with Crippen molar-refractivity contribution in [1.82, 2.24) is 4.98 Å². The second-order valence-corrected chi connectivity index (χ2v) is 13.4. The standard InChI is InChI=1S/C27H29NO2S4/c29-16-24-23-15-28-25(26(24)30)20-32-14-12-27(11-13-31-19-23,33-17-21-7-3-1-4-8-21)34-18-22-9-5-2-6-10-22/h1-10,15-16,30H,11-14,17-20H2. The summed E-state index contributed by atoms with van der Waals surface area (Å²) < 4.78 is 0.0952. The first kappa shape index (κ1) is 25.5. The molecule has 2 aliphatic heterocycles. The largest absolute Gasteiger partial charge is 0.505 e. The number of aromatic hydroxyl groups is 1. The van der Waals surface area contributed by atoms with Crippen LogP contribution in [0.5, 0.6) is 5.75 Å². The van der Waals surface area contributed by atoms with E-state index in [1.165, 1.54) is 11.1 Å². The van der Waals surface area contributed by atoms with Gasteiger partial charge in [0.2, 0.25) is 0 Å². The summed E-state index contributed by atoms with van der Waals surface area (Å²) >= 11 is 7.76. The third kappa shape index (κ3) is 7.00. The average molecular weight is 528 g/mol. The molecule has 0 fully saturated rings. The summed E-state index contributed by atoms with van der Waals surface area (Å²) in [6, 6.07) is 21.5. The third-order valence-corrected chi connectivity index (χ3v) is 11.3. The number of aromatic nitrogens is 1. The zero-order valence-corrected chi connectivity index (χ0v) is 22.3. The second kappa shape index (κ2) is 13.0. The molecular formula is C27H29NO2S4. The lowest BCUT2D eigenvalue weighted by molar-refractivity contribution is 0.112. The van der Waals surface area contributed by atoms with Crippen molar-refractivity contribution in [2.24, 2.45) is 0 Å². The molecule has 0 saturated heterocycles. The highest BCUT2D eigenvalue weighted by Gasteiger charge is 2.31. The number of hydrogen-bond donors (Lipinski definition) is 1. The Kier molecular flexibility index (Phi) is 9.74. The molecule has 0 spiro atoms. The molecular weight excluding hydrogens is 499 g/mol. The van der Waals surface area contributed by atoms with Gasteiger partial charge in [0.15, 0.2) is 6.29 Å². The van der Waals surface area contributed by atoms with E-state index in [0.29, 0.717) is 22.8 Å². The molecule has 0 radical (unpaired) electrons. The molecule has 0 aliphatic carbocycles. The van der Waals surface area contributed by atoms with Gasteiger partial charge in [0, 0.05) is 29.2 Å². The van der Waals surface area contributed by atoms with E-state index in [9.17, 15) is 9.90 Å². The third-order valence-electron chi connectivity index (χ3n) is 5.81. The fraction of sp³-hybridized carbons (Fsp3) is 0.333. The predicted molar refractivity (Wildman–Crippen MR) is 151 cm³/mol. The Balaban J connectivity index is 1.53. The quantitative estimate of drug-likeness (QED) is 0.253. The van der Waals surface area contributed by atoms with Crippen molar-refractivity contribution in [3.63, 3.8) is 0 Å². The molecule has 3 aromatic rings. The van der Waals surface area contributed by atoms with Crippen molar-refractivity contribution >= 4 is 53.3 Å². The SMILES string of the molecule is O=Cc1c2cnc(c1O)CSCCC(SCc1ccccc1)(SCc1ccccc1)CCSC2. The normalized spacial score (nSPS) is 16.2. The number of thioether (sulfide) groups is 4. The molecule has 2 bridgehead atoms. The summed E-state index contributed by atoms with van der Waals surface area (Å²) in [7, 11) is 0. The van der Waals surface area contributed by atoms with Crippen molar-refractivity contribution in [3.05, 3.63) is 94.8 Å². The summed E-state index contributed by atoms with van der Waals surface area (Å²) in [6.45, 7) is 0. The van der Waals surface area contributed by atoms with Gasteiger partial charge in [0.1, 0.15) is 5.75 Å². The maximum Gasteiger partial charge on any atom is 0.154 e. The van der Waals surface area contributed by atoms with Crippen molar-refractivity contribution in [2.75, 3.05) is 11.5 Å². The maximum absolute atomic E-state index is 11.7. The monoisotopic (exact) mass is 527 g/mol. The molecule has 5 rings (SSSR count). The van der Waals surface area contributed by atoms with Crippen molar-refractivity contribution < 1.29 is 9.90 Å². The Morgan fingerprint density at radius 1 is 0.882 bits per heavy atom. The number of fused-ring (bicyclic) bond motifs is 10. The molecule has 1 N–H and O–H groups in total. The predicted octanol–water partition coefficient (Wildman–Crippen LogP) is 7.42. The van der Waals surface area contributed by atoms with E-state index in [1.807, 2.05) is 11.8 Å². The molecule has 0 atom stereocenters. The van der Waals surface area contributed by atoms with Crippen LogP contribution in [0.4, 0.5) is 0 Å². The minimum Gasteiger partial charge on any atom is -0.505 e. The van der Waals surface area contributed by atoms with Crippen LogP contribution >= 0.6 is 47.0 Å². The molecule has 3 heterocycles. The zero-order valence-electron chi connectivity index (χ0n) is 19.0. The number of carbonyl (C=O) groups excluding carboxylic acids is 1. The average Bonchev–Trinajstić information content (AvgIpc) is 2.90. The van der Waals surface area contributed by atoms with E-state index in [-0.39, 0.29) is 9.83 Å². The smallest absolute Gasteiger partial charge is 0.154 e. The van der Waals surface area contributed by atoms with E-state index >= 15 is 0 Å². The summed E-state index contributed by atoms with van der Waals surface area (Å²) in [5.74, 6) is 5.32. The Morgan fingerprint density at radius 3 is 2.00 bits per heavy atom. The fourth-order valence-electron chi connectivity index (χ4n) is 3.79. The summed E-state index contributed by atoms with van der Waals surface area (Å²) in [4.78, 5) is 16.1. The van der Waals surface area contributed by atoms with Gasteiger partial charge in [-0.05, 0) is 41.0 Å². The van der Waals surface area contributed by atoms with Crippen LogP contribution in [0.3, 0.4) is 0 Å². The van der Waals surface area contributed by atoms with E-state index in [2.05, 4.69) is 89.2 Å². The molecule has 3 nitrogen and oxygen atoms in total. The number of aldehydes is 1. The van der Waals surface area contributed by atoms with Gasteiger partial charge in [-0.1, -0.05) is 60.7 Å². The maximum atomic E-state index is 11.7. The van der Waals surface area contributed by atoms with Gasteiger partial charge in [-0.25, -0.2) is 0 Å². The molecule has 34 heavy (non-hydrogen) atoms. The molecule has 1 aromatic heterocycles. The highest BCUT2D eigenvalue weighted by molar-refractivity contribution is 8.17. The highest BCUT2D eigenvalue weighted by atomic mass is 32.2. The Hall–Kier alpha value is -1.54. The topological polar surface area (TPSA) is 50.2 Å². The van der Waals surface area contributed by atoms with Crippen LogP contribution in [0.1, 0.15) is 45.6 Å². The Labute approximate surface area is 219 Å². The Bertz CT molecular complexity index is 1020. The lowest BCUT2D eigenvalue weighted by Crippen LogP contribution is -2.23. The van der Waals surface area contributed by atoms with Crippen LogP contribution in [0.2, 0.25) is 0 Å². The second-order valence-electron chi connectivity index (χ2n) is 8.17. The van der Waals surface area contributed by atoms with Gasteiger partial charge in [0.05, 0.1) is 15.3 Å². The summed E-state index contributed by atoms with van der Waals surface area (Å²) in [5, 5.41) is 10.6. The first-order valence-corrected chi connectivity index (χ1v) is 15.6. The van der Waals surface area contributed by atoms with Crippen LogP contribution < -0.4 is 0 Å². The number of hydrogen-bond acceptors (Lipinski definition) is 7. The molecule has 7 heteroatoms. The minimum atomic E-state index is 0.0583. The zero-order chi connectivity index (χ0) is 23.6. The number of carbonyl (C=O) groups is 1. The van der Waals surface area contributed by atoms with Gasteiger partial charge in [-0.2, -0.15) is 23.5 Å². The molecule has 0 saturated carbocycles. The highest BCUT2D eigenvalue weighted by Crippen LogP contribution is 2.48. The van der Waals surface area contributed by atoms with E-state index < -0.39 is 0 Å². The van der Waals surface area contributed by atoms with Crippen molar-refractivity contribution in [1.29, 1.82) is 0 Å². The van der Waals surface area contributed by atoms with E-state index in [0.717, 1.165) is 47.7 Å². The molecule has 2 aliphatic rings. The number of nitrogens with zero attached hydrogens (tertiary/aromatic N) is 1. The number of rotatable bonds is 7. The number of pyridine rings is 1. The van der Waals surface area contributed by atoms with E-state index in [1.54, 1.807) is 18.0 Å². The Morgan fingerprint density at radius 2 is 1.44 bits per heavy atom.